The second-order valence-corrected chi connectivity index (χ2v) is 5.34. The highest BCUT2D eigenvalue weighted by molar-refractivity contribution is 5.89. The van der Waals surface area contributed by atoms with E-state index in [0.717, 1.165) is 38.0 Å². The molecule has 0 aliphatic carbocycles. The molecule has 0 spiro atoms. The number of nitrogens with zero attached hydrogens (tertiary/aromatic N) is 1. The lowest BCUT2D eigenvalue weighted by Crippen LogP contribution is -2.42. The van der Waals surface area contributed by atoms with Crippen molar-refractivity contribution in [1.29, 1.82) is 0 Å². The van der Waals surface area contributed by atoms with Crippen LogP contribution in [0.3, 0.4) is 0 Å². The Morgan fingerprint density at radius 1 is 1.32 bits per heavy atom. The molecule has 1 heterocycles. The minimum Gasteiger partial charge on any atom is -0.324 e. The van der Waals surface area contributed by atoms with Gasteiger partial charge in [-0.1, -0.05) is 32.4 Å². The maximum absolute atomic E-state index is 12.2. The minimum absolute atomic E-state index is 0.0439. The first-order chi connectivity index (χ1) is 9.22. The zero-order valence-electron chi connectivity index (χ0n) is 12.0. The van der Waals surface area contributed by atoms with E-state index < -0.39 is 0 Å². The van der Waals surface area contributed by atoms with Gasteiger partial charge < -0.3 is 10.2 Å². The summed E-state index contributed by atoms with van der Waals surface area (Å²) in [5.41, 5.74) is 2.18. The van der Waals surface area contributed by atoms with Crippen LogP contribution in [0.1, 0.15) is 38.7 Å². The summed E-state index contributed by atoms with van der Waals surface area (Å²) in [7, 11) is 0. The first kappa shape index (κ1) is 13.9. The van der Waals surface area contributed by atoms with Crippen molar-refractivity contribution in [2.45, 2.75) is 39.5 Å². The summed E-state index contributed by atoms with van der Waals surface area (Å²) in [6.45, 7) is 6.12. The molecule has 1 aliphatic rings. The average Bonchev–Trinajstić information content (AvgIpc) is 2.48. The van der Waals surface area contributed by atoms with Gasteiger partial charge in [-0.05, 0) is 42.9 Å². The number of carbonyl (C=O) groups excluding carboxylic acids is 1. The zero-order valence-corrected chi connectivity index (χ0v) is 12.0. The average molecular weight is 260 g/mol. The molecule has 1 N–H and O–H groups in total. The van der Waals surface area contributed by atoms with E-state index in [1.54, 1.807) is 0 Å². The number of piperidine rings is 1. The molecule has 0 saturated carbocycles. The Morgan fingerprint density at radius 3 is 2.68 bits per heavy atom. The molecule has 2 rings (SSSR count). The third-order valence-electron chi connectivity index (χ3n) is 4.00. The SMILES string of the molecule is CCc1ccc(NC(=O)N2CCCC(CC)C2)cc1. The lowest BCUT2D eigenvalue weighted by molar-refractivity contribution is 0.176. The summed E-state index contributed by atoms with van der Waals surface area (Å²) in [6, 6.07) is 8.15. The van der Waals surface area contributed by atoms with Crippen LogP contribution in [-0.4, -0.2) is 24.0 Å². The van der Waals surface area contributed by atoms with Crippen molar-refractivity contribution >= 4 is 11.7 Å². The second kappa shape index (κ2) is 6.60. The highest BCUT2D eigenvalue weighted by Gasteiger charge is 2.22. The molecule has 3 nitrogen and oxygen atoms in total. The van der Waals surface area contributed by atoms with E-state index in [-0.39, 0.29) is 6.03 Å². The third kappa shape index (κ3) is 3.72. The Kier molecular flexibility index (Phi) is 4.83. The molecule has 3 heteroatoms. The highest BCUT2D eigenvalue weighted by atomic mass is 16.2. The zero-order chi connectivity index (χ0) is 13.7. The van der Waals surface area contributed by atoms with Gasteiger partial charge in [-0.25, -0.2) is 4.79 Å². The number of hydrogen-bond acceptors (Lipinski definition) is 1. The number of anilines is 1. The predicted molar refractivity (Wildman–Crippen MR) is 79.4 cm³/mol. The summed E-state index contributed by atoms with van der Waals surface area (Å²) in [6.07, 6.45) is 4.57. The molecular formula is C16H24N2O. The van der Waals surface area contributed by atoms with Crippen molar-refractivity contribution in [2.75, 3.05) is 18.4 Å². The number of amides is 2. The number of benzene rings is 1. The van der Waals surface area contributed by atoms with Crippen LogP contribution in [0.15, 0.2) is 24.3 Å². The molecule has 1 fully saturated rings. The summed E-state index contributed by atoms with van der Waals surface area (Å²) in [4.78, 5) is 14.1. The predicted octanol–water partition coefficient (Wildman–Crippen LogP) is 3.90. The van der Waals surface area contributed by atoms with Crippen LogP contribution in [0.2, 0.25) is 0 Å². The van der Waals surface area contributed by atoms with Gasteiger partial charge in [-0.2, -0.15) is 0 Å². The Morgan fingerprint density at radius 2 is 2.05 bits per heavy atom. The molecule has 0 radical (unpaired) electrons. The largest absolute Gasteiger partial charge is 0.324 e. The summed E-state index contributed by atoms with van der Waals surface area (Å²) in [5.74, 6) is 0.668. The molecular weight excluding hydrogens is 236 g/mol. The number of rotatable bonds is 3. The first-order valence-corrected chi connectivity index (χ1v) is 7.37. The Hall–Kier alpha value is -1.51. The van der Waals surface area contributed by atoms with Gasteiger partial charge in [-0.3, -0.25) is 0 Å². The normalized spacial score (nSPS) is 19.3. The number of urea groups is 1. The Balaban J connectivity index is 1.92. The van der Waals surface area contributed by atoms with E-state index in [4.69, 9.17) is 0 Å². The van der Waals surface area contributed by atoms with Crippen molar-refractivity contribution in [3.05, 3.63) is 29.8 Å². The third-order valence-corrected chi connectivity index (χ3v) is 4.00. The van der Waals surface area contributed by atoms with Gasteiger partial charge in [0, 0.05) is 18.8 Å². The summed E-state index contributed by atoms with van der Waals surface area (Å²) < 4.78 is 0. The number of hydrogen-bond donors (Lipinski definition) is 1. The van der Waals surface area contributed by atoms with Gasteiger partial charge in [0.2, 0.25) is 0 Å². The van der Waals surface area contributed by atoms with Crippen molar-refractivity contribution in [1.82, 2.24) is 4.90 Å². The number of aryl methyl sites for hydroxylation is 1. The highest BCUT2D eigenvalue weighted by Crippen LogP contribution is 2.20. The van der Waals surface area contributed by atoms with Crippen LogP contribution < -0.4 is 5.32 Å². The topological polar surface area (TPSA) is 32.3 Å². The van der Waals surface area contributed by atoms with E-state index in [2.05, 4.69) is 31.3 Å². The minimum atomic E-state index is 0.0439. The van der Waals surface area contributed by atoms with Gasteiger partial charge in [-0.15, -0.1) is 0 Å². The molecule has 0 bridgehead atoms. The molecule has 1 aromatic rings. The molecule has 1 aromatic carbocycles. The van der Waals surface area contributed by atoms with Crippen LogP contribution >= 0.6 is 0 Å². The number of nitrogens with one attached hydrogen (secondary N) is 1. The van der Waals surface area contributed by atoms with Crippen LogP contribution in [0.25, 0.3) is 0 Å². The second-order valence-electron chi connectivity index (χ2n) is 5.34. The molecule has 19 heavy (non-hydrogen) atoms. The Bertz CT molecular complexity index is 413. The Labute approximate surface area is 116 Å². The van der Waals surface area contributed by atoms with Crippen LogP contribution in [0.4, 0.5) is 10.5 Å². The molecule has 1 atom stereocenters. The molecule has 1 saturated heterocycles. The van der Waals surface area contributed by atoms with Gasteiger partial charge in [0.1, 0.15) is 0 Å². The van der Waals surface area contributed by atoms with Crippen LogP contribution in [0.5, 0.6) is 0 Å². The standard InChI is InChI=1S/C16H24N2O/c1-3-13-7-9-15(10-8-13)17-16(19)18-11-5-6-14(4-2)12-18/h7-10,14H,3-6,11-12H2,1-2H3,(H,17,19). The fraction of sp³-hybridized carbons (Fsp3) is 0.562. The van der Waals surface area contributed by atoms with Crippen molar-refractivity contribution in [2.24, 2.45) is 5.92 Å². The van der Waals surface area contributed by atoms with Crippen LogP contribution in [-0.2, 0) is 6.42 Å². The van der Waals surface area contributed by atoms with Crippen molar-refractivity contribution in [3.8, 4) is 0 Å². The smallest absolute Gasteiger partial charge is 0.321 e. The first-order valence-electron chi connectivity index (χ1n) is 7.37. The summed E-state index contributed by atoms with van der Waals surface area (Å²) >= 11 is 0. The fourth-order valence-corrected chi connectivity index (χ4v) is 2.61. The molecule has 104 valence electrons. The molecule has 0 aromatic heterocycles. The monoisotopic (exact) mass is 260 g/mol. The lowest BCUT2D eigenvalue weighted by Gasteiger charge is -2.32. The van der Waals surface area contributed by atoms with Gasteiger partial charge >= 0.3 is 6.03 Å². The van der Waals surface area contributed by atoms with Crippen molar-refractivity contribution in [3.63, 3.8) is 0 Å². The van der Waals surface area contributed by atoms with Crippen LogP contribution in [0, 0.1) is 5.92 Å². The number of likely N-dealkylation sites (tertiary alicyclic amines) is 1. The van der Waals surface area contributed by atoms with E-state index in [1.807, 2.05) is 17.0 Å². The van der Waals surface area contributed by atoms with Gasteiger partial charge in [0.25, 0.3) is 0 Å². The van der Waals surface area contributed by atoms with E-state index >= 15 is 0 Å². The van der Waals surface area contributed by atoms with E-state index in [1.165, 1.54) is 12.0 Å². The van der Waals surface area contributed by atoms with Crippen molar-refractivity contribution < 1.29 is 4.79 Å². The maximum atomic E-state index is 12.2. The van der Waals surface area contributed by atoms with Gasteiger partial charge in [0.15, 0.2) is 0 Å². The fourth-order valence-electron chi connectivity index (χ4n) is 2.61. The van der Waals surface area contributed by atoms with Gasteiger partial charge in [0.05, 0.1) is 0 Å². The van der Waals surface area contributed by atoms with E-state index in [9.17, 15) is 4.79 Å². The van der Waals surface area contributed by atoms with E-state index in [0.29, 0.717) is 5.92 Å². The molecule has 2 amide bonds. The molecule has 1 unspecified atom stereocenters. The lowest BCUT2D eigenvalue weighted by atomic mass is 9.96. The maximum Gasteiger partial charge on any atom is 0.321 e. The number of carbonyl (C=O) groups is 1. The summed E-state index contributed by atoms with van der Waals surface area (Å²) in [5, 5.41) is 2.99. The molecule has 1 aliphatic heterocycles. The quantitative estimate of drug-likeness (QED) is 0.878.